The van der Waals surface area contributed by atoms with Gasteiger partial charge in [0.1, 0.15) is 0 Å². The van der Waals surface area contributed by atoms with Gasteiger partial charge in [0.2, 0.25) is 5.91 Å². The highest BCUT2D eigenvalue weighted by Crippen LogP contribution is 2.14. The molecule has 2 atom stereocenters. The second kappa shape index (κ2) is 5.19. The van der Waals surface area contributed by atoms with Crippen LogP contribution in [0.2, 0.25) is 0 Å². The van der Waals surface area contributed by atoms with Crippen LogP contribution in [0.4, 0.5) is 0 Å². The summed E-state index contributed by atoms with van der Waals surface area (Å²) in [7, 11) is 0. The third-order valence-electron chi connectivity index (χ3n) is 2.29. The summed E-state index contributed by atoms with van der Waals surface area (Å²) in [6.45, 7) is 4.11. The van der Waals surface area contributed by atoms with Crippen LogP contribution in [-0.2, 0) is 9.53 Å². The van der Waals surface area contributed by atoms with Crippen molar-refractivity contribution in [2.45, 2.75) is 25.8 Å². The largest absolute Gasteiger partial charge is 0.381 e. The topological polar surface area (TPSA) is 64.4 Å². The SMILES string of the molecule is C[C@H](N)C(=O)NCCC1CCOC1. The van der Waals surface area contributed by atoms with Crippen LogP contribution in [0.3, 0.4) is 0 Å². The normalized spacial score (nSPS) is 24.3. The van der Waals surface area contributed by atoms with Gasteiger partial charge in [0, 0.05) is 19.8 Å². The number of nitrogens with two attached hydrogens (primary N) is 1. The lowest BCUT2D eigenvalue weighted by atomic mass is 10.1. The van der Waals surface area contributed by atoms with E-state index in [1.54, 1.807) is 6.92 Å². The monoisotopic (exact) mass is 186 g/mol. The van der Waals surface area contributed by atoms with Gasteiger partial charge >= 0.3 is 0 Å². The van der Waals surface area contributed by atoms with Gasteiger partial charge < -0.3 is 15.8 Å². The zero-order valence-corrected chi connectivity index (χ0v) is 8.08. The van der Waals surface area contributed by atoms with Crippen molar-refractivity contribution in [3.8, 4) is 0 Å². The molecular formula is C9H18N2O2. The minimum atomic E-state index is -0.403. The van der Waals surface area contributed by atoms with Crippen LogP contribution >= 0.6 is 0 Å². The fourth-order valence-electron chi connectivity index (χ4n) is 1.37. The smallest absolute Gasteiger partial charge is 0.236 e. The molecule has 0 aromatic rings. The highest BCUT2D eigenvalue weighted by molar-refractivity contribution is 5.80. The first-order valence-electron chi connectivity index (χ1n) is 4.81. The molecule has 3 N–H and O–H groups in total. The third kappa shape index (κ3) is 3.74. The van der Waals surface area contributed by atoms with E-state index in [2.05, 4.69) is 5.32 Å². The molecule has 0 aromatic carbocycles. The van der Waals surface area contributed by atoms with Gasteiger partial charge in [-0.1, -0.05) is 0 Å². The van der Waals surface area contributed by atoms with Gasteiger partial charge in [-0.05, 0) is 25.7 Å². The van der Waals surface area contributed by atoms with Crippen LogP contribution in [0.25, 0.3) is 0 Å². The molecule has 1 rings (SSSR count). The van der Waals surface area contributed by atoms with Crippen molar-refractivity contribution >= 4 is 5.91 Å². The number of carbonyl (C=O) groups is 1. The molecule has 1 saturated heterocycles. The Kier molecular flexibility index (Phi) is 4.18. The van der Waals surface area contributed by atoms with Crippen LogP contribution in [-0.4, -0.2) is 31.7 Å². The molecule has 4 heteroatoms. The van der Waals surface area contributed by atoms with E-state index in [0.29, 0.717) is 12.5 Å². The van der Waals surface area contributed by atoms with Gasteiger partial charge in [0.15, 0.2) is 0 Å². The highest BCUT2D eigenvalue weighted by Gasteiger charge is 2.15. The lowest BCUT2D eigenvalue weighted by Crippen LogP contribution is -2.39. The number of amides is 1. The average Bonchev–Trinajstić information content (AvgIpc) is 2.56. The lowest BCUT2D eigenvalue weighted by Gasteiger charge is -2.10. The molecule has 0 spiro atoms. The Bertz CT molecular complexity index is 165. The molecule has 0 aromatic heterocycles. The van der Waals surface area contributed by atoms with Crippen molar-refractivity contribution < 1.29 is 9.53 Å². The molecule has 1 amide bonds. The number of hydrogen-bond acceptors (Lipinski definition) is 3. The fraction of sp³-hybridized carbons (Fsp3) is 0.889. The molecule has 1 fully saturated rings. The summed E-state index contributed by atoms with van der Waals surface area (Å²) in [5.74, 6) is 0.548. The zero-order valence-electron chi connectivity index (χ0n) is 8.08. The van der Waals surface area contributed by atoms with E-state index >= 15 is 0 Å². The molecule has 0 aliphatic carbocycles. The van der Waals surface area contributed by atoms with E-state index in [0.717, 1.165) is 26.1 Å². The first-order chi connectivity index (χ1) is 6.20. The predicted molar refractivity (Wildman–Crippen MR) is 50.2 cm³/mol. The Hall–Kier alpha value is -0.610. The van der Waals surface area contributed by atoms with Gasteiger partial charge in [-0.15, -0.1) is 0 Å². The fourth-order valence-corrected chi connectivity index (χ4v) is 1.37. The Morgan fingerprint density at radius 1 is 1.77 bits per heavy atom. The Morgan fingerprint density at radius 3 is 3.08 bits per heavy atom. The summed E-state index contributed by atoms with van der Waals surface area (Å²) < 4.78 is 5.22. The van der Waals surface area contributed by atoms with Crippen molar-refractivity contribution in [1.82, 2.24) is 5.32 Å². The number of rotatable bonds is 4. The lowest BCUT2D eigenvalue weighted by molar-refractivity contribution is -0.122. The van der Waals surface area contributed by atoms with Crippen LogP contribution in [0.15, 0.2) is 0 Å². The van der Waals surface area contributed by atoms with Crippen molar-refractivity contribution in [3.05, 3.63) is 0 Å². The van der Waals surface area contributed by atoms with Crippen LogP contribution in [0, 0.1) is 5.92 Å². The van der Waals surface area contributed by atoms with Gasteiger partial charge in [-0.2, -0.15) is 0 Å². The molecule has 0 saturated carbocycles. The maximum Gasteiger partial charge on any atom is 0.236 e. The quantitative estimate of drug-likeness (QED) is 0.643. The molecule has 13 heavy (non-hydrogen) atoms. The van der Waals surface area contributed by atoms with Gasteiger partial charge in [0.25, 0.3) is 0 Å². The molecule has 76 valence electrons. The predicted octanol–water partition coefficient (Wildman–Crippen LogP) is -0.124. The Balaban J connectivity index is 2.03. The van der Waals surface area contributed by atoms with E-state index in [1.807, 2.05) is 0 Å². The van der Waals surface area contributed by atoms with E-state index < -0.39 is 6.04 Å². The van der Waals surface area contributed by atoms with E-state index in [9.17, 15) is 4.79 Å². The third-order valence-corrected chi connectivity index (χ3v) is 2.29. The summed E-state index contributed by atoms with van der Waals surface area (Å²) in [5, 5.41) is 2.79. The maximum atomic E-state index is 11.0. The molecule has 1 unspecified atom stereocenters. The van der Waals surface area contributed by atoms with Crippen molar-refractivity contribution in [1.29, 1.82) is 0 Å². The molecule has 4 nitrogen and oxygen atoms in total. The summed E-state index contributed by atoms with van der Waals surface area (Å²) in [6, 6.07) is -0.403. The summed E-state index contributed by atoms with van der Waals surface area (Å²) in [5.41, 5.74) is 5.39. The number of ether oxygens (including phenoxy) is 1. The minimum absolute atomic E-state index is 0.0704. The van der Waals surface area contributed by atoms with Gasteiger partial charge in [-0.3, -0.25) is 4.79 Å². The van der Waals surface area contributed by atoms with E-state index in [4.69, 9.17) is 10.5 Å². The second-order valence-corrected chi connectivity index (χ2v) is 3.60. The molecular weight excluding hydrogens is 168 g/mol. The Morgan fingerprint density at radius 2 is 2.54 bits per heavy atom. The zero-order chi connectivity index (χ0) is 9.68. The minimum Gasteiger partial charge on any atom is -0.381 e. The highest BCUT2D eigenvalue weighted by atomic mass is 16.5. The van der Waals surface area contributed by atoms with Crippen molar-refractivity contribution in [2.75, 3.05) is 19.8 Å². The summed E-state index contributed by atoms with van der Waals surface area (Å²) >= 11 is 0. The van der Waals surface area contributed by atoms with Crippen LogP contribution in [0.5, 0.6) is 0 Å². The molecule has 1 aliphatic rings. The summed E-state index contributed by atoms with van der Waals surface area (Å²) in [4.78, 5) is 11.0. The maximum absolute atomic E-state index is 11.0. The standard InChI is InChI=1S/C9H18N2O2/c1-7(10)9(12)11-4-2-8-3-5-13-6-8/h7-8H,2-6,10H2,1H3,(H,11,12)/t7-,8?/m0/s1. The molecule has 1 aliphatic heterocycles. The number of hydrogen-bond donors (Lipinski definition) is 2. The number of nitrogens with one attached hydrogen (secondary N) is 1. The molecule has 1 heterocycles. The first-order valence-corrected chi connectivity index (χ1v) is 4.81. The second-order valence-electron chi connectivity index (χ2n) is 3.60. The van der Waals surface area contributed by atoms with Gasteiger partial charge in [-0.25, -0.2) is 0 Å². The van der Waals surface area contributed by atoms with Gasteiger partial charge in [0.05, 0.1) is 6.04 Å². The molecule has 0 bridgehead atoms. The Labute approximate surface area is 78.8 Å². The molecule has 0 radical (unpaired) electrons. The first kappa shape index (κ1) is 10.5. The number of carbonyl (C=O) groups excluding carboxylic acids is 1. The summed E-state index contributed by atoms with van der Waals surface area (Å²) in [6.07, 6.45) is 2.12. The van der Waals surface area contributed by atoms with E-state index in [1.165, 1.54) is 0 Å². The van der Waals surface area contributed by atoms with Crippen molar-refractivity contribution in [3.63, 3.8) is 0 Å². The van der Waals surface area contributed by atoms with Crippen molar-refractivity contribution in [2.24, 2.45) is 11.7 Å². The van der Waals surface area contributed by atoms with Crippen LogP contribution in [0.1, 0.15) is 19.8 Å². The van der Waals surface area contributed by atoms with Crippen LogP contribution < -0.4 is 11.1 Å². The van der Waals surface area contributed by atoms with E-state index in [-0.39, 0.29) is 5.91 Å². The average molecular weight is 186 g/mol.